The third-order valence-electron chi connectivity index (χ3n) is 3.23. The minimum absolute atomic E-state index is 0.111. The number of benzene rings is 1. The maximum Gasteiger partial charge on any atom is 0.252 e. The summed E-state index contributed by atoms with van der Waals surface area (Å²) in [7, 11) is 4.02. The highest BCUT2D eigenvalue weighted by Gasteiger charge is 2.06. The fourth-order valence-corrected chi connectivity index (χ4v) is 2.18. The number of anilines is 2. The molecule has 0 unspecified atom stereocenters. The molecule has 0 aliphatic rings. The number of para-hydroxylation sites is 1. The first-order chi connectivity index (χ1) is 11.1. The first kappa shape index (κ1) is 17.2. The number of hydrogen-bond donors (Lipinski definition) is 2. The molecule has 2 rings (SSSR count). The van der Waals surface area contributed by atoms with E-state index in [2.05, 4.69) is 20.5 Å². The molecule has 122 valence electrons. The van der Waals surface area contributed by atoms with E-state index in [1.165, 1.54) is 0 Å². The molecule has 0 saturated carbocycles. The van der Waals surface area contributed by atoms with Crippen LogP contribution in [-0.4, -0.2) is 43.0 Å². The van der Waals surface area contributed by atoms with Crippen LogP contribution < -0.4 is 10.6 Å². The molecular weight excluding hydrogens is 312 g/mol. The van der Waals surface area contributed by atoms with Crippen molar-refractivity contribution in [2.75, 3.05) is 32.5 Å². The Labute approximate surface area is 141 Å². The van der Waals surface area contributed by atoms with Gasteiger partial charge >= 0.3 is 0 Å². The smallest absolute Gasteiger partial charge is 0.252 e. The van der Waals surface area contributed by atoms with E-state index in [0.29, 0.717) is 22.9 Å². The Morgan fingerprint density at radius 3 is 2.65 bits per heavy atom. The van der Waals surface area contributed by atoms with Crippen LogP contribution in [0.25, 0.3) is 0 Å². The second-order valence-corrected chi connectivity index (χ2v) is 5.86. The van der Waals surface area contributed by atoms with Gasteiger partial charge in [0.1, 0.15) is 5.82 Å². The zero-order chi connectivity index (χ0) is 16.7. The first-order valence-corrected chi connectivity index (χ1v) is 7.84. The molecule has 0 bridgehead atoms. The minimum Gasteiger partial charge on any atom is -0.352 e. The molecule has 0 fully saturated rings. The fourth-order valence-electron chi connectivity index (χ4n) is 2.00. The molecule has 23 heavy (non-hydrogen) atoms. The van der Waals surface area contributed by atoms with Crippen molar-refractivity contribution in [1.82, 2.24) is 15.2 Å². The summed E-state index contributed by atoms with van der Waals surface area (Å²) in [6.07, 6.45) is 2.47. The van der Waals surface area contributed by atoms with Gasteiger partial charge in [0.05, 0.1) is 16.3 Å². The standard InChI is InChI=1S/C17H21ClN4O/c1-22(2)11-5-10-19-17(23)13-8-9-16(20-12-13)21-15-7-4-3-6-14(15)18/h3-4,6-9,12H,5,10-11H2,1-2H3,(H,19,23)(H,20,21). The lowest BCUT2D eigenvalue weighted by Gasteiger charge is -2.10. The van der Waals surface area contributed by atoms with Crippen LogP contribution in [0.5, 0.6) is 0 Å². The summed E-state index contributed by atoms with van der Waals surface area (Å²) in [4.78, 5) is 18.3. The highest BCUT2D eigenvalue weighted by Crippen LogP contribution is 2.23. The van der Waals surface area contributed by atoms with Gasteiger partial charge in [-0.05, 0) is 51.3 Å². The van der Waals surface area contributed by atoms with E-state index in [1.807, 2.05) is 32.3 Å². The number of carbonyl (C=O) groups excluding carboxylic acids is 1. The highest BCUT2D eigenvalue weighted by atomic mass is 35.5. The summed E-state index contributed by atoms with van der Waals surface area (Å²) >= 11 is 6.09. The van der Waals surface area contributed by atoms with E-state index in [1.54, 1.807) is 24.4 Å². The average Bonchev–Trinajstić information content (AvgIpc) is 2.54. The number of aromatic nitrogens is 1. The van der Waals surface area contributed by atoms with Gasteiger partial charge in [-0.15, -0.1) is 0 Å². The Morgan fingerprint density at radius 1 is 1.22 bits per heavy atom. The lowest BCUT2D eigenvalue weighted by Crippen LogP contribution is -2.27. The number of amides is 1. The summed E-state index contributed by atoms with van der Waals surface area (Å²) in [5, 5.41) is 6.63. The number of rotatable bonds is 7. The van der Waals surface area contributed by atoms with E-state index >= 15 is 0 Å². The largest absolute Gasteiger partial charge is 0.352 e. The predicted octanol–water partition coefficient (Wildman–Crippen LogP) is 3.16. The van der Waals surface area contributed by atoms with Crippen molar-refractivity contribution < 1.29 is 4.79 Å². The van der Waals surface area contributed by atoms with Crippen molar-refractivity contribution in [3.63, 3.8) is 0 Å². The first-order valence-electron chi connectivity index (χ1n) is 7.47. The molecule has 5 nitrogen and oxygen atoms in total. The molecule has 0 aliphatic heterocycles. The summed E-state index contributed by atoms with van der Waals surface area (Å²) in [6, 6.07) is 10.9. The molecule has 2 N–H and O–H groups in total. The van der Waals surface area contributed by atoms with Crippen LogP contribution in [0.2, 0.25) is 5.02 Å². The Balaban J connectivity index is 1.89. The Bertz CT molecular complexity index is 643. The number of hydrogen-bond acceptors (Lipinski definition) is 4. The van der Waals surface area contributed by atoms with Gasteiger partial charge in [0.15, 0.2) is 0 Å². The van der Waals surface area contributed by atoms with Crippen molar-refractivity contribution in [1.29, 1.82) is 0 Å². The molecule has 0 atom stereocenters. The van der Waals surface area contributed by atoms with Gasteiger partial charge in [0.25, 0.3) is 5.91 Å². The van der Waals surface area contributed by atoms with Gasteiger partial charge in [0.2, 0.25) is 0 Å². The van der Waals surface area contributed by atoms with Crippen molar-refractivity contribution in [2.45, 2.75) is 6.42 Å². The molecule has 6 heteroatoms. The molecule has 2 aromatic rings. The van der Waals surface area contributed by atoms with Gasteiger partial charge in [-0.3, -0.25) is 4.79 Å². The number of nitrogens with zero attached hydrogens (tertiary/aromatic N) is 2. The van der Waals surface area contributed by atoms with E-state index in [9.17, 15) is 4.79 Å². The molecular formula is C17H21ClN4O. The lowest BCUT2D eigenvalue weighted by atomic mass is 10.2. The van der Waals surface area contributed by atoms with Gasteiger partial charge in [0, 0.05) is 12.7 Å². The number of pyridine rings is 1. The minimum atomic E-state index is -0.111. The van der Waals surface area contributed by atoms with E-state index in [0.717, 1.165) is 18.7 Å². The van der Waals surface area contributed by atoms with E-state index in [-0.39, 0.29) is 5.91 Å². The van der Waals surface area contributed by atoms with Gasteiger partial charge in [-0.1, -0.05) is 23.7 Å². The van der Waals surface area contributed by atoms with Crippen molar-refractivity contribution >= 4 is 29.0 Å². The molecule has 1 amide bonds. The normalized spacial score (nSPS) is 10.6. The van der Waals surface area contributed by atoms with E-state index < -0.39 is 0 Å². The Morgan fingerprint density at radius 2 is 2.00 bits per heavy atom. The molecule has 1 heterocycles. The molecule has 0 aliphatic carbocycles. The summed E-state index contributed by atoms with van der Waals surface area (Å²) in [5.41, 5.74) is 1.32. The Kier molecular flexibility index (Phi) is 6.38. The summed E-state index contributed by atoms with van der Waals surface area (Å²) in [5.74, 6) is 0.530. The van der Waals surface area contributed by atoms with E-state index in [4.69, 9.17) is 11.6 Å². The molecule has 1 aromatic heterocycles. The fraction of sp³-hybridized carbons (Fsp3) is 0.294. The topological polar surface area (TPSA) is 57.3 Å². The van der Waals surface area contributed by atoms with Gasteiger partial charge < -0.3 is 15.5 Å². The summed E-state index contributed by atoms with van der Waals surface area (Å²) in [6.45, 7) is 1.59. The average molecular weight is 333 g/mol. The zero-order valence-electron chi connectivity index (χ0n) is 13.3. The van der Waals surface area contributed by atoms with Gasteiger partial charge in [-0.25, -0.2) is 4.98 Å². The maximum atomic E-state index is 12.0. The predicted molar refractivity (Wildman–Crippen MR) is 94.5 cm³/mol. The second kappa shape index (κ2) is 8.50. The maximum absolute atomic E-state index is 12.0. The highest BCUT2D eigenvalue weighted by molar-refractivity contribution is 6.33. The molecule has 0 spiro atoms. The third-order valence-corrected chi connectivity index (χ3v) is 3.56. The van der Waals surface area contributed by atoms with Crippen molar-refractivity contribution in [2.24, 2.45) is 0 Å². The van der Waals surface area contributed by atoms with Crippen LogP contribution in [0.1, 0.15) is 16.8 Å². The monoisotopic (exact) mass is 332 g/mol. The van der Waals surface area contributed by atoms with Gasteiger partial charge in [-0.2, -0.15) is 0 Å². The number of carbonyl (C=O) groups is 1. The summed E-state index contributed by atoms with van der Waals surface area (Å²) < 4.78 is 0. The van der Waals surface area contributed by atoms with Crippen molar-refractivity contribution in [3.8, 4) is 0 Å². The van der Waals surface area contributed by atoms with Crippen LogP contribution in [0.15, 0.2) is 42.6 Å². The lowest BCUT2D eigenvalue weighted by molar-refractivity contribution is 0.0952. The molecule has 0 radical (unpaired) electrons. The SMILES string of the molecule is CN(C)CCCNC(=O)c1ccc(Nc2ccccc2Cl)nc1. The third kappa shape index (κ3) is 5.54. The molecule has 0 saturated heterocycles. The number of nitrogens with one attached hydrogen (secondary N) is 2. The van der Waals surface area contributed by atoms with Crippen LogP contribution in [0.4, 0.5) is 11.5 Å². The van der Waals surface area contributed by atoms with Crippen LogP contribution in [0.3, 0.4) is 0 Å². The molecule has 1 aromatic carbocycles. The van der Waals surface area contributed by atoms with Crippen LogP contribution >= 0.6 is 11.6 Å². The Hall–Kier alpha value is -2.11. The van der Waals surface area contributed by atoms with Crippen LogP contribution in [-0.2, 0) is 0 Å². The quantitative estimate of drug-likeness (QED) is 0.765. The van der Waals surface area contributed by atoms with Crippen LogP contribution in [0, 0.1) is 0 Å². The number of halogens is 1. The van der Waals surface area contributed by atoms with Crippen molar-refractivity contribution in [3.05, 3.63) is 53.2 Å². The second-order valence-electron chi connectivity index (χ2n) is 5.45. The zero-order valence-corrected chi connectivity index (χ0v) is 14.1.